The topological polar surface area (TPSA) is 65.5 Å². The van der Waals surface area contributed by atoms with E-state index in [1.165, 1.54) is 13.0 Å². The zero-order valence-corrected chi connectivity index (χ0v) is 16.7. The molecule has 1 aliphatic heterocycles. The second-order valence-electron chi connectivity index (χ2n) is 7.22. The first-order valence-corrected chi connectivity index (χ1v) is 9.59. The fraction of sp³-hybridized carbons (Fsp3) is 0.381. The number of benzene rings is 1. The number of alkyl halides is 3. The van der Waals surface area contributed by atoms with E-state index >= 15 is 0 Å². The lowest BCUT2D eigenvalue weighted by atomic mass is 10.1. The van der Waals surface area contributed by atoms with Gasteiger partial charge >= 0.3 is 6.18 Å². The first-order chi connectivity index (χ1) is 14.1. The number of pyridine rings is 1. The SMILES string of the molecule is CC(=O)c1ccc(NC(=O)[C@@H](C)N2CCN(c3ccc(C(F)(F)F)cn3)CC2)cc1. The highest BCUT2D eigenvalue weighted by molar-refractivity contribution is 5.97. The Morgan fingerprint density at radius 3 is 2.17 bits per heavy atom. The molecule has 0 saturated carbocycles. The molecule has 1 aliphatic rings. The van der Waals surface area contributed by atoms with Crippen molar-refractivity contribution in [3.05, 3.63) is 53.7 Å². The van der Waals surface area contributed by atoms with Crippen LogP contribution in [0, 0.1) is 0 Å². The van der Waals surface area contributed by atoms with E-state index in [4.69, 9.17) is 0 Å². The zero-order valence-electron chi connectivity index (χ0n) is 16.7. The highest BCUT2D eigenvalue weighted by Crippen LogP contribution is 2.29. The maximum Gasteiger partial charge on any atom is 0.417 e. The van der Waals surface area contributed by atoms with Gasteiger partial charge in [0.25, 0.3) is 0 Å². The summed E-state index contributed by atoms with van der Waals surface area (Å²) < 4.78 is 38.0. The molecule has 6 nitrogen and oxygen atoms in total. The number of halogens is 3. The molecule has 0 unspecified atom stereocenters. The van der Waals surface area contributed by atoms with E-state index in [-0.39, 0.29) is 17.7 Å². The minimum Gasteiger partial charge on any atom is -0.354 e. The van der Waals surface area contributed by atoms with Crippen molar-refractivity contribution in [3.63, 3.8) is 0 Å². The predicted octanol–water partition coefficient (Wildman–Crippen LogP) is 3.45. The molecule has 3 rings (SSSR count). The van der Waals surface area contributed by atoms with Gasteiger partial charge in [-0.2, -0.15) is 13.2 Å². The summed E-state index contributed by atoms with van der Waals surface area (Å²) in [5, 5.41) is 2.84. The van der Waals surface area contributed by atoms with Crippen LogP contribution in [0.25, 0.3) is 0 Å². The maximum atomic E-state index is 12.7. The van der Waals surface area contributed by atoms with Gasteiger partial charge in [-0.3, -0.25) is 14.5 Å². The van der Waals surface area contributed by atoms with Crippen molar-refractivity contribution >= 4 is 23.2 Å². The lowest BCUT2D eigenvalue weighted by Crippen LogP contribution is -2.53. The van der Waals surface area contributed by atoms with Crippen LogP contribution in [-0.4, -0.2) is 53.8 Å². The van der Waals surface area contributed by atoms with Gasteiger partial charge in [0.05, 0.1) is 11.6 Å². The van der Waals surface area contributed by atoms with Crippen LogP contribution in [-0.2, 0) is 11.0 Å². The number of rotatable bonds is 5. The number of carbonyl (C=O) groups is 2. The molecule has 0 bridgehead atoms. The van der Waals surface area contributed by atoms with E-state index in [0.717, 1.165) is 12.3 Å². The standard InChI is InChI=1S/C21H23F3N4O2/c1-14(20(30)26-18-6-3-16(4-7-18)15(2)29)27-9-11-28(12-10-27)19-8-5-17(13-25-19)21(22,23)24/h3-8,13-14H,9-12H2,1-2H3,(H,26,30)/t14-/m1/s1. The van der Waals surface area contributed by atoms with Gasteiger partial charge in [0, 0.05) is 43.6 Å². The monoisotopic (exact) mass is 420 g/mol. The number of amides is 1. The minimum absolute atomic E-state index is 0.0401. The molecule has 160 valence electrons. The van der Waals surface area contributed by atoms with Gasteiger partial charge in [-0.25, -0.2) is 4.98 Å². The quantitative estimate of drug-likeness (QED) is 0.751. The van der Waals surface area contributed by atoms with E-state index in [2.05, 4.69) is 10.3 Å². The Balaban J connectivity index is 1.53. The van der Waals surface area contributed by atoms with Gasteiger partial charge in [-0.05, 0) is 50.2 Å². The van der Waals surface area contributed by atoms with Crippen molar-refractivity contribution in [1.29, 1.82) is 0 Å². The van der Waals surface area contributed by atoms with Gasteiger partial charge in [0.2, 0.25) is 5.91 Å². The van der Waals surface area contributed by atoms with Crippen molar-refractivity contribution in [2.45, 2.75) is 26.1 Å². The summed E-state index contributed by atoms with van der Waals surface area (Å²) in [5.74, 6) is 0.290. The Morgan fingerprint density at radius 2 is 1.67 bits per heavy atom. The van der Waals surface area contributed by atoms with Gasteiger partial charge in [0.15, 0.2) is 5.78 Å². The third-order valence-electron chi connectivity index (χ3n) is 5.20. The van der Waals surface area contributed by atoms with Crippen molar-refractivity contribution < 1.29 is 22.8 Å². The van der Waals surface area contributed by atoms with Crippen LogP contribution in [0.2, 0.25) is 0 Å². The number of ketones is 1. The van der Waals surface area contributed by atoms with E-state index in [9.17, 15) is 22.8 Å². The molecule has 30 heavy (non-hydrogen) atoms. The number of nitrogens with zero attached hydrogens (tertiary/aromatic N) is 3. The van der Waals surface area contributed by atoms with Crippen LogP contribution in [0.3, 0.4) is 0 Å². The van der Waals surface area contributed by atoms with Gasteiger partial charge < -0.3 is 10.2 Å². The highest BCUT2D eigenvalue weighted by Gasteiger charge is 2.31. The summed E-state index contributed by atoms with van der Waals surface area (Å²) in [5.41, 5.74) is 0.421. The molecule has 1 amide bonds. The number of carbonyl (C=O) groups excluding carboxylic acids is 2. The third-order valence-corrected chi connectivity index (χ3v) is 5.20. The number of hydrogen-bond donors (Lipinski definition) is 1. The molecule has 1 aromatic heterocycles. The van der Waals surface area contributed by atoms with Crippen LogP contribution in [0.1, 0.15) is 29.8 Å². The summed E-state index contributed by atoms with van der Waals surface area (Å²) >= 11 is 0. The molecule has 2 aromatic rings. The largest absolute Gasteiger partial charge is 0.417 e. The third kappa shape index (κ3) is 5.15. The second kappa shape index (κ2) is 8.83. The predicted molar refractivity (Wildman–Crippen MR) is 108 cm³/mol. The Bertz CT molecular complexity index is 890. The molecule has 1 saturated heterocycles. The number of nitrogens with one attached hydrogen (secondary N) is 1. The van der Waals surface area contributed by atoms with Gasteiger partial charge in [-0.15, -0.1) is 0 Å². The highest BCUT2D eigenvalue weighted by atomic mass is 19.4. The lowest BCUT2D eigenvalue weighted by Gasteiger charge is -2.38. The van der Waals surface area contributed by atoms with Crippen LogP contribution in [0.15, 0.2) is 42.6 Å². The van der Waals surface area contributed by atoms with Crippen LogP contribution < -0.4 is 10.2 Å². The average Bonchev–Trinajstić information content (AvgIpc) is 2.73. The first kappa shape index (κ1) is 21.8. The molecule has 0 spiro atoms. The van der Waals surface area contributed by atoms with Crippen molar-refractivity contribution in [2.75, 3.05) is 36.4 Å². The van der Waals surface area contributed by atoms with Crippen LogP contribution >= 0.6 is 0 Å². The van der Waals surface area contributed by atoms with Gasteiger partial charge in [-0.1, -0.05) is 0 Å². The number of aromatic nitrogens is 1. The summed E-state index contributed by atoms with van der Waals surface area (Å²) in [7, 11) is 0. The van der Waals surface area contributed by atoms with Crippen molar-refractivity contribution in [3.8, 4) is 0 Å². The van der Waals surface area contributed by atoms with E-state index < -0.39 is 11.7 Å². The molecule has 0 radical (unpaired) electrons. The maximum absolute atomic E-state index is 12.7. The summed E-state index contributed by atoms with van der Waals surface area (Å²) in [6.07, 6.45) is -3.56. The first-order valence-electron chi connectivity index (χ1n) is 9.59. The Morgan fingerprint density at radius 1 is 1.03 bits per heavy atom. The Hall–Kier alpha value is -2.94. The molecule has 0 aliphatic carbocycles. The molecular formula is C21H23F3N4O2. The molecular weight excluding hydrogens is 397 g/mol. The lowest BCUT2D eigenvalue weighted by molar-refractivity contribution is -0.137. The summed E-state index contributed by atoms with van der Waals surface area (Å²) in [4.78, 5) is 31.7. The van der Waals surface area contributed by atoms with Crippen molar-refractivity contribution in [2.24, 2.45) is 0 Å². The molecule has 1 N–H and O–H groups in total. The second-order valence-corrected chi connectivity index (χ2v) is 7.22. The average molecular weight is 420 g/mol. The molecule has 1 aromatic carbocycles. The summed E-state index contributed by atoms with van der Waals surface area (Å²) in [6.45, 7) is 5.58. The summed E-state index contributed by atoms with van der Waals surface area (Å²) in [6, 6.07) is 8.74. The normalized spacial score (nSPS) is 16.2. The molecule has 9 heteroatoms. The van der Waals surface area contributed by atoms with Gasteiger partial charge in [0.1, 0.15) is 5.82 Å². The number of anilines is 2. The number of hydrogen-bond acceptors (Lipinski definition) is 5. The Kier molecular flexibility index (Phi) is 6.40. The zero-order chi connectivity index (χ0) is 21.9. The fourth-order valence-electron chi connectivity index (χ4n) is 3.28. The Labute approximate surface area is 172 Å². The molecule has 1 atom stereocenters. The molecule has 1 fully saturated rings. The van der Waals surface area contributed by atoms with E-state index in [1.54, 1.807) is 24.3 Å². The minimum atomic E-state index is -4.40. The number of Topliss-reactive ketones (excluding diaryl/α,β-unsaturated/α-hetero) is 1. The smallest absolute Gasteiger partial charge is 0.354 e. The van der Waals surface area contributed by atoms with Crippen LogP contribution in [0.5, 0.6) is 0 Å². The van der Waals surface area contributed by atoms with Crippen LogP contribution in [0.4, 0.5) is 24.7 Å². The number of piperazine rings is 1. The van der Waals surface area contributed by atoms with E-state index in [1.807, 2.05) is 16.7 Å². The van der Waals surface area contributed by atoms with Crippen molar-refractivity contribution in [1.82, 2.24) is 9.88 Å². The fourth-order valence-corrected chi connectivity index (χ4v) is 3.28. The van der Waals surface area contributed by atoms with E-state index in [0.29, 0.717) is 43.2 Å². The molecule has 2 heterocycles.